The van der Waals surface area contributed by atoms with Gasteiger partial charge in [0.05, 0.1) is 0 Å². The van der Waals surface area contributed by atoms with Gasteiger partial charge in [0.2, 0.25) is 0 Å². The van der Waals surface area contributed by atoms with Gasteiger partial charge in [-0.2, -0.15) is 0 Å². The zero-order valence-electron chi connectivity index (χ0n) is 8.43. The average Bonchev–Trinajstić information content (AvgIpc) is 1.98. The Labute approximate surface area is 96.7 Å². The summed E-state index contributed by atoms with van der Waals surface area (Å²) in [7, 11) is 0. The Morgan fingerprint density at radius 2 is 1.93 bits per heavy atom. The summed E-state index contributed by atoms with van der Waals surface area (Å²) < 4.78 is 9.75. The van der Waals surface area contributed by atoms with E-state index >= 15 is 0 Å². The Morgan fingerprint density at radius 3 is 2.36 bits per heavy atom. The number of esters is 1. The van der Waals surface area contributed by atoms with Crippen molar-refractivity contribution in [3.05, 3.63) is 0 Å². The van der Waals surface area contributed by atoms with Gasteiger partial charge in [-0.3, -0.25) is 4.79 Å². The van der Waals surface area contributed by atoms with E-state index in [0.717, 1.165) is 0 Å². The van der Waals surface area contributed by atoms with Crippen molar-refractivity contribution in [1.29, 1.82) is 0 Å². The molecule has 82 valence electrons. The predicted molar refractivity (Wildman–Crippen MR) is 59.2 cm³/mol. The normalized spacial score (nSPS) is 10.6. The molecule has 0 aliphatic carbocycles. The van der Waals surface area contributed by atoms with E-state index in [1.165, 1.54) is 0 Å². The Bertz CT molecular complexity index is 212. The van der Waals surface area contributed by atoms with Crippen LogP contribution >= 0.6 is 22.6 Å². The number of carbonyl (C=O) groups is 2. The lowest BCUT2D eigenvalue weighted by atomic mass is 10.2. The molecule has 14 heavy (non-hydrogen) atoms. The van der Waals surface area contributed by atoms with Crippen molar-refractivity contribution in [2.75, 3.05) is 11.2 Å². The van der Waals surface area contributed by atoms with Gasteiger partial charge < -0.3 is 14.8 Å². The van der Waals surface area contributed by atoms with E-state index in [0.29, 0.717) is 0 Å². The van der Waals surface area contributed by atoms with Crippen LogP contribution in [-0.2, 0) is 14.3 Å². The van der Waals surface area contributed by atoms with Gasteiger partial charge in [0, 0.05) is 0 Å². The van der Waals surface area contributed by atoms with Crippen molar-refractivity contribution in [2.45, 2.75) is 26.4 Å². The largest absolute Gasteiger partial charge is 0.459 e. The molecular formula is C8H14INO4. The smallest absolute Gasteiger partial charge is 0.408 e. The maximum atomic E-state index is 11.1. The van der Waals surface area contributed by atoms with Crippen LogP contribution in [0.2, 0.25) is 0 Å². The summed E-state index contributed by atoms with van der Waals surface area (Å²) in [6, 6.07) is 0. The molecule has 0 aliphatic heterocycles. The summed E-state index contributed by atoms with van der Waals surface area (Å²) in [6.45, 7) is 5.10. The molecule has 0 aromatic rings. The fourth-order valence-electron chi connectivity index (χ4n) is 0.623. The molecular weight excluding hydrogens is 301 g/mol. The standard InChI is InChI=1S/C8H14INO4/c1-8(2,3)14-6(11)4-10-7(12)13-5-9/h4-5H2,1-3H3,(H,10,12). The number of nitrogens with one attached hydrogen (secondary N) is 1. The molecule has 0 fully saturated rings. The van der Waals surface area contributed by atoms with Crippen LogP contribution in [0, 0.1) is 0 Å². The van der Waals surface area contributed by atoms with Gasteiger partial charge in [0.15, 0.2) is 0 Å². The Kier molecular flexibility index (Phi) is 5.82. The first-order valence-electron chi connectivity index (χ1n) is 4.03. The minimum Gasteiger partial charge on any atom is -0.459 e. The first-order chi connectivity index (χ1) is 6.35. The highest BCUT2D eigenvalue weighted by Gasteiger charge is 2.16. The summed E-state index contributed by atoms with van der Waals surface area (Å²) in [5.41, 5.74) is -0.536. The second kappa shape index (κ2) is 6.05. The molecule has 0 aromatic heterocycles. The number of carbonyl (C=O) groups excluding carboxylic acids is 2. The molecule has 0 bridgehead atoms. The molecule has 1 amide bonds. The number of amides is 1. The quantitative estimate of drug-likeness (QED) is 0.486. The van der Waals surface area contributed by atoms with Crippen LogP contribution in [0.4, 0.5) is 4.79 Å². The fourth-order valence-corrected chi connectivity index (χ4v) is 0.905. The van der Waals surface area contributed by atoms with E-state index in [-0.39, 0.29) is 11.2 Å². The van der Waals surface area contributed by atoms with E-state index in [4.69, 9.17) is 4.74 Å². The molecule has 0 aliphatic rings. The van der Waals surface area contributed by atoms with Crippen molar-refractivity contribution in [3.8, 4) is 0 Å². The Morgan fingerprint density at radius 1 is 1.36 bits per heavy atom. The van der Waals surface area contributed by atoms with Crippen LogP contribution in [0.3, 0.4) is 0 Å². The second-order valence-electron chi connectivity index (χ2n) is 3.48. The van der Waals surface area contributed by atoms with Crippen LogP contribution in [-0.4, -0.2) is 28.8 Å². The van der Waals surface area contributed by atoms with Crippen molar-refractivity contribution >= 4 is 34.7 Å². The Hall–Kier alpha value is -0.530. The van der Waals surface area contributed by atoms with Gasteiger partial charge >= 0.3 is 12.1 Å². The summed E-state index contributed by atoms with van der Waals surface area (Å²) in [5, 5.41) is 2.27. The zero-order valence-corrected chi connectivity index (χ0v) is 10.6. The minimum absolute atomic E-state index is 0.174. The van der Waals surface area contributed by atoms with Crippen LogP contribution in [0.25, 0.3) is 0 Å². The van der Waals surface area contributed by atoms with Crippen molar-refractivity contribution in [1.82, 2.24) is 5.32 Å². The van der Waals surface area contributed by atoms with E-state index in [1.54, 1.807) is 20.8 Å². The number of rotatable bonds is 3. The summed E-state index contributed by atoms with van der Waals surface area (Å²) in [6.07, 6.45) is -0.620. The predicted octanol–water partition coefficient (Wildman–Crippen LogP) is 1.45. The topological polar surface area (TPSA) is 64.6 Å². The van der Waals surface area contributed by atoms with Gasteiger partial charge in [-0.15, -0.1) is 0 Å². The highest BCUT2D eigenvalue weighted by molar-refractivity contribution is 14.1. The molecule has 0 saturated heterocycles. The fraction of sp³-hybridized carbons (Fsp3) is 0.750. The molecule has 0 radical (unpaired) electrons. The number of ether oxygens (including phenoxy) is 2. The number of hydrogen-bond donors (Lipinski definition) is 1. The minimum atomic E-state index is -0.620. The summed E-state index contributed by atoms with van der Waals surface area (Å²) in [4.78, 5) is 21.8. The zero-order chi connectivity index (χ0) is 11.2. The van der Waals surface area contributed by atoms with Crippen LogP contribution < -0.4 is 5.32 Å². The first kappa shape index (κ1) is 13.5. The van der Waals surface area contributed by atoms with Crippen molar-refractivity contribution in [3.63, 3.8) is 0 Å². The SMILES string of the molecule is CC(C)(C)OC(=O)CNC(=O)OCI. The average molecular weight is 315 g/mol. The van der Waals surface area contributed by atoms with Crippen molar-refractivity contribution in [2.24, 2.45) is 0 Å². The molecule has 0 saturated carbocycles. The third-order valence-corrected chi connectivity index (χ3v) is 1.29. The highest BCUT2D eigenvalue weighted by atomic mass is 127. The highest BCUT2D eigenvalue weighted by Crippen LogP contribution is 2.06. The van der Waals surface area contributed by atoms with Gasteiger partial charge in [0.25, 0.3) is 0 Å². The molecule has 0 unspecified atom stereocenters. The molecule has 0 spiro atoms. The van der Waals surface area contributed by atoms with Gasteiger partial charge in [0.1, 0.15) is 16.8 Å². The summed E-state index contributed by atoms with van der Waals surface area (Å²) in [5.74, 6) is -0.483. The maximum Gasteiger partial charge on any atom is 0.408 e. The van der Waals surface area contributed by atoms with E-state index in [9.17, 15) is 9.59 Å². The summed E-state index contributed by atoms with van der Waals surface area (Å²) >= 11 is 1.88. The number of hydrogen-bond acceptors (Lipinski definition) is 4. The maximum absolute atomic E-state index is 11.1. The second-order valence-corrected chi connectivity index (χ2v) is 4.10. The molecule has 0 atom stereocenters. The molecule has 1 N–H and O–H groups in total. The van der Waals surface area contributed by atoms with Crippen molar-refractivity contribution < 1.29 is 19.1 Å². The monoisotopic (exact) mass is 315 g/mol. The van der Waals surface area contributed by atoms with Gasteiger partial charge in [-0.05, 0) is 43.4 Å². The lowest BCUT2D eigenvalue weighted by molar-refractivity contribution is -0.153. The number of halogens is 1. The number of alkyl halides is 1. The third-order valence-electron chi connectivity index (χ3n) is 0.983. The first-order valence-corrected chi connectivity index (χ1v) is 5.56. The molecule has 0 aromatic carbocycles. The molecule has 0 rings (SSSR count). The Balaban J connectivity index is 3.70. The van der Waals surface area contributed by atoms with Crippen LogP contribution in [0.1, 0.15) is 20.8 Å². The number of alkyl carbamates (subject to hydrolysis) is 1. The molecule has 0 heterocycles. The molecule has 5 nitrogen and oxygen atoms in total. The van der Waals surface area contributed by atoms with Crippen LogP contribution in [0.15, 0.2) is 0 Å². The lowest BCUT2D eigenvalue weighted by Crippen LogP contribution is -2.34. The lowest BCUT2D eigenvalue weighted by Gasteiger charge is -2.19. The van der Waals surface area contributed by atoms with E-state index < -0.39 is 17.7 Å². The van der Waals surface area contributed by atoms with E-state index in [1.807, 2.05) is 22.6 Å². The third kappa shape index (κ3) is 8.09. The van der Waals surface area contributed by atoms with Gasteiger partial charge in [-0.1, -0.05) is 0 Å². The molecule has 6 heteroatoms. The van der Waals surface area contributed by atoms with Gasteiger partial charge in [-0.25, -0.2) is 4.79 Å². The van der Waals surface area contributed by atoms with E-state index in [2.05, 4.69) is 10.1 Å². The van der Waals surface area contributed by atoms with Crippen LogP contribution in [0.5, 0.6) is 0 Å².